The molecule has 0 saturated carbocycles. The van der Waals surface area contributed by atoms with Gasteiger partial charge in [-0.15, -0.1) is 0 Å². The Morgan fingerprint density at radius 2 is 1.92 bits per heavy atom. The third-order valence-corrected chi connectivity index (χ3v) is 3.94. The minimum atomic E-state index is -4.57. The van der Waals surface area contributed by atoms with Crippen molar-refractivity contribution in [2.45, 2.75) is 19.5 Å². The monoisotopic (exact) mass is 336 g/mol. The molecule has 0 radical (unpaired) electrons. The minimum Gasteiger partial charge on any atom is -0.355 e. The summed E-state index contributed by atoms with van der Waals surface area (Å²) in [4.78, 5) is 25.1. The first-order valence-electron chi connectivity index (χ1n) is 7.49. The van der Waals surface area contributed by atoms with Crippen LogP contribution in [-0.2, 0) is 11.0 Å². The molecule has 1 aliphatic heterocycles. The van der Waals surface area contributed by atoms with Crippen LogP contribution in [0, 0.1) is 5.92 Å². The van der Waals surface area contributed by atoms with Gasteiger partial charge in [-0.1, -0.05) is 6.92 Å². The smallest absolute Gasteiger partial charge is 0.355 e. The predicted molar refractivity (Wildman–Crippen MR) is 81.3 cm³/mol. The van der Waals surface area contributed by atoms with Gasteiger partial charge in [0, 0.05) is 49.5 Å². The molecule has 0 bridgehead atoms. The number of hydrogen-bond acceptors (Lipinski definition) is 5. The predicted octanol–water partition coefficient (Wildman–Crippen LogP) is 2.97. The van der Waals surface area contributed by atoms with E-state index in [0.717, 1.165) is 6.07 Å². The fourth-order valence-electron chi connectivity index (χ4n) is 2.60. The lowest BCUT2D eigenvalue weighted by Gasteiger charge is -2.31. The van der Waals surface area contributed by atoms with Crippen LogP contribution in [0.1, 0.15) is 19.0 Å². The molecule has 24 heavy (non-hydrogen) atoms. The van der Waals surface area contributed by atoms with E-state index in [2.05, 4.69) is 15.0 Å². The van der Waals surface area contributed by atoms with Crippen LogP contribution in [0.4, 0.5) is 19.0 Å². The summed E-state index contributed by atoms with van der Waals surface area (Å²) in [7, 11) is 0. The molecule has 1 atom stereocenters. The topological polar surface area (TPSA) is 59.0 Å². The first-order valence-corrected chi connectivity index (χ1v) is 7.49. The van der Waals surface area contributed by atoms with E-state index in [4.69, 9.17) is 0 Å². The molecule has 126 valence electrons. The molecule has 1 unspecified atom stereocenters. The molecule has 3 rings (SSSR count). The zero-order chi connectivity index (χ0) is 17.3. The molecule has 1 saturated heterocycles. The molecule has 0 aliphatic carbocycles. The molecule has 2 aromatic heterocycles. The van der Waals surface area contributed by atoms with Crippen molar-refractivity contribution in [1.29, 1.82) is 0 Å². The number of aromatic nitrogens is 3. The van der Waals surface area contributed by atoms with Crippen molar-refractivity contribution in [2.75, 3.05) is 18.0 Å². The number of ketones is 1. The molecule has 0 aromatic carbocycles. The highest BCUT2D eigenvalue weighted by molar-refractivity contribution is 5.83. The summed E-state index contributed by atoms with van der Waals surface area (Å²) in [5.41, 5.74) is -0.539. The second-order valence-corrected chi connectivity index (χ2v) is 5.73. The third-order valence-electron chi connectivity index (χ3n) is 3.94. The maximum absolute atomic E-state index is 13.2. The molecule has 1 aliphatic rings. The molecule has 0 N–H and O–H groups in total. The van der Waals surface area contributed by atoms with Gasteiger partial charge in [0.1, 0.15) is 11.6 Å². The van der Waals surface area contributed by atoms with Crippen LogP contribution < -0.4 is 4.90 Å². The van der Waals surface area contributed by atoms with Crippen LogP contribution in [0.5, 0.6) is 0 Å². The Labute approximate surface area is 136 Å². The summed E-state index contributed by atoms with van der Waals surface area (Å²) in [6, 6.07) is 4.05. The van der Waals surface area contributed by atoms with E-state index >= 15 is 0 Å². The van der Waals surface area contributed by atoms with Crippen molar-refractivity contribution in [2.24, 2.45) is 5.92 Å². The Balaban J connectivity index is 2.04. The van der Waals surface area contributed by atoms with Crippen molar-refractivity contribution in [3.8, 4) is 11.4 Å². The number of nitrogens with zero attached hydrogens (tertiary/aromatic N) is 4. The molecule has 2 aromatic rings. The van der Waals surface area contributed by atoms with Gasteiger partial charge in [-0.05, 0) is 12.1 Å². The van der Waals surface area contributed by atoms with Crippen LogP contribution in [0.15, 0.2) is 30.6 Å². The lowest BCUT2D eigenvalue weighted by Crippen LogP contribution is -2.40. The Hall–Kier alpha value is -2.51. The average Bonchev–Trinajstić information content (AvgIpc) is 2.57. The number of pyridine rings is 1. The van der Waals surface area contributed by atoms with E-state index in [9.17, 15) is 18.0 Å². The SMILES string of the molecule is CC1CN(c2cc(C(F)(F)F)nc(-c3ccncc3)n2)CCC1=O. The summed E-state index contributed by atoms with van der Waals surface area (Å²) in [5.74, 6) is 0.0633. The fourth-order valence-corrected chi connectivity index (χ4v) is 2.60. The first-order chi connectivity index (χ1) is 11.3. The number of Topliss-reactive ketones (excluding diaryl/α,β-unsaturated/α-hetero) is 1. The van der Waals surface area contributed by atoms with E-state index in [1.165, 1.54) is 12.4 Å². The van der Waals surface area contributed by atoms with Crippen molar-refractivity contribution in [3.63, 3.8) is 0 Å². The third kappa shape index (κ3) is 3.37. The largest absolute Gasteiger partial charge is 0.433 e. The molecule has 1 fully saturated rings. The van der Waals surface area contributed by atoms with Gasteiger partial charge < -0.3 is 4.90 Å². The second-order valence-electron chi connectivity index (χ2n) is 5.73. The molecule has 5 nitrogen and oxygen atoms in total. The van der Waals surface area contributed by atoms with Crippen LogP contribution in [0.3, 0.4) is 0 Å². The summed E-state index contributed by atoms with van der Waals surface area (Å²) in [6.07, 6.45) is -1.33. The Morgan fingerprint density at radius 1 is 1.21 bits per heavy atom. The Morgan fingerprint density at radius 3 is 2.54 bits per heavy atom. The first kappa shape index (κ1) is 16.4. The van der Waals surface area contributed by atoms with Gasteiger partial charge in [0.15, 0.2) is 11.5 Å². The highest BCUT2D eigenvalue weighted by atomic mass is 19.4. The van der Waals surface area contributed by atoms with Gasteiger partial charge in [0.25, 0.3) is 0 Å². The Kier molecular flexibility index (Phi) is 4.21. The number of hydrogen-bond donors (Lipinski definition) is 0. The van der Waals surface area contributed by atoms with Crippen LogP contribution in [0.2, 0.25) is 0 Å². The normalized spacial score (nSPS) is 18.8. The van der Waals surface area contributed by atoms with E-state index in [1.807, 2.05) is 0 Å². The number of halogens is 3. The lowest BCUT2D eigenvalue weighted by molar-refractivity contribution is -0.141. The molecule has 8 heteroatoms. The maximum Gasteiger partial charge on any atom is 0.433 e. The molecular weight excluding hydrogens is 321 g/mol. The minimum absolute atomic E-state index is 0.00761. The van der Waals surface area contributed by atoms with Gasteiger partial charge in [0.2, 0.25) is 0 Å². The summed E-state index contributed by atoms with van der Waals surface area (Å²) >= 11 is 0. The average molecular weight is 336 g/mol. The molecule has 3 heterocycles. The Bertz CT molecular complexity index is 749. The number of alkyl halides is 3. The quantitative estimate of drug-likeness (QED) is 0.844. The van der Waals surface area contributed by atoms with Gasteiger partial charge in [-0.25, -0.2) is 9.97 Å². The van der Waals surface area contributed by atoms with E-state index < -0.39 is 11.9 Å². The summed E-state index contributed by atoms with van der Waals surface area (Å²) in [5, 5.41) is 0. The van der Waals surface area contributed by atoms with E-state index in [0.29, 0.717) is 25.1 Å². The number of carbonyl (C=O) groups excluding carboxylic acids is 1. The summed E-state index contributed by atoms with van der Waals surface area (Å²) < 4.78 is 39.6. The molecule has 0 spiro atoms. The van der Waals surface area contributed by atoms with Crippen molar-refractivity contribution >= 4 is 11.6 Å². The number of piperidine rings is 1. The maximum atomic E-state index is 13.2. The standard InChI is InChI=1S/C16H15F3N4O/c1-10-9-23(7-4-12(10)24)14-8-13(16(17,18)19)21-15(22-14)11-2-5-20-6-3-11/h2-3,5-6,8,10H,4,7,9H2,1H3. The second kappa shape index (κ2) is 6.18. The van der Waals surface area contributed by atoms with Gasteiger partial charge in [0.05, 0.1) is 0 Å². The van der Waals surface area contributed by atoms with Crippen LogP contribution in [0.25, 0.3) is 11.4 Å². The van der Waals surface area contributed by atoms with Crippen LogP contribution >= 0.6 is 0 Å². The number of anilines is 1. The highest BCUT2D eigenvalue weighted by Crippen LogP contribution is 2.32. The number of rotatable bonds is 2. The van der Waals surface area contributed by atoms with Crippen molar-refractivity contribution < 1.29 is 18.0 Å². The molecular formula is C16H15F3N4O. The van der Waals surface area contributed by atoms with E-state index in [1.54, 1.807) is 24.0 Å². The van der Waals surface area contributed by atoms with Crippen molar-refractivity contribution in [3.05, 3.63) is 36.3 Å². The number of carbonyl (C=O) groups is 1. The lowest BCUT2D eigenvalue weighted by atomic mass is 9.98. The van der Waals surface area contributed by atoms with Gasteiger partial charge in [-0.2, -0.15) is 13.2 Å². The van der Waals surface area contributed by atoms with Gasteiger partial charge in [-0.3, -0.25) is 9.78 Å². The van der Waals surface area contributed by atoms with Crippen molar-refractivity contribution in [1.82, 2.24) is 15.0 Å². The van der Waals surface area contributed by atoms with Gasteiger partial charge >= 0.3 is 6.18 Å². The molecule has 0 amide bonds. The fraction of sp³-hybridized carbons (Fsp3) is 0.375. The summed E-state index contributed by atoms with van der Waals surface area (Å²) in [6.45, 7) is 2.47. The zero-order valence-electron chi connectivity index (χ0n) is 12.9. The van der Waals surface area contributed by atoms with E-state index in [-0.39, 0.29) is 23.3 Å². The zero-order valence-corrected chi connectivity index (χ0v) is 12.9. The highest BCUT2D eigenvalue weighted by Gasteiger charge is 2.35. The van der Waals surface area contributed by atoms with Crippen LogP contribution in [-0.4, -0.2) is 33.8 Å².